The van der Waals surface area contributed by atoms with Crippen LogP contribution in [0.15, 0.2) is 12.3 Å². The highest BCUT2D eigenvalue weighted by Crippen LogP contribution is 2.31. The Morgan fingerprint density at radius 2 is 2.04 bits per heavy atom. The Morgan fingerprint density at radius 3 is 2.73 bits per heavy atom. The molecule has 0 aliphatic carbocycles. The summed E-state index contributed by atoms with van der Waals surface area (Å²) in [5.41, 5.74) is 2.79. The van der Waals surface area contributed by atoms with E-state index in [0.29, 0.717) is 43.5 Å². The van der Waals surface area contributed by atoms with E-state index in [2.05, 4.69) is 20.0 Å². The van der Waals surface area contributed by atoms with Gasteiger partial charge >= 0.3 is 6.18 Å². The summed E-state index contributed by atoms with van der Waals surface area (Å²) in [4.78, 5) is 10.9. The molecule has 0 amide bonds. The van der Waals surface area contributed by atoms with Crippen LogP contribution in [0.5, 0.6) is 0 Å². The van der Waals surface area contributed by atoms with E-state index in [-0.39, 0.29) is 6.04 Å². The maximum atomic E-state index is 12.8. The van der Waals surface area contributed by atoms with E-state index in [1.807, 2.05) is 13.0 Å². The van der Waals surface area contributed by atoms with Crippen LogP contribution < -0.4 is 0 Å². The van der Waals surface area contributed by atoms with Gasteiger partial charge in [-0.3, -0.25) is 9.58 Å². The predicted molar refractivity (Wildman–Crippen MR) is 88.5 cm³/mol. The van der Waals surface area contributed by atoms with Gasteiger partial charge < -0.3 is 4.74 Å². The molecular formula is C17H22F3N5O. The molecular weight excluding hydrogens is 347 g/mol. The van der Waals surface area contributed by atoms with Crippen LogP contribution in [0.25, 0.3) is 0 Å². The van der Waals surface area contributed by atoms with E-state index < -0.39 is 12.7 Å². The summed E-state index contributed by atoms with van der Waals surface area (Å²) in [5, 5.41) is 4.11. The smallest absolute Gasteiger partial charge is 0.378 e. The van der Waals surface area contributed by atoms with Crippen LogP contribution in [0, 0.1) is 20.8 Å². The monoisotopic (exact) mass is 369 g/mol. The van der Waals surface area contributed by atoms with Gasteiger partial charge in [0, 0.05) is 29.7 Å². The third-order valence-corrected chi connectivity index (χ3v) is 4.53. The molecule has 1 unspecified atom stereocenters. The van der Waals surface area contributed by atoms with Crippen molar-refractivity contribution in [3.05, 3.63) is 40.7 Å². The highest BCUT2D eigenvalue weighted by atomic mass is 19.4. The molecule has 3 rings (SSSR count). The summed E-state index contributed by atoms with van der Waals surface area (Å²) in [5.74, 6) is 0.690. The summed E-state index contributed by atoms with van der Waals surface area (Å²) in [7, 11) is 0. The van der Waals surface area contributed by atoms with Crippen LogP contribution in [-0.4, -0.2) is 50.6 Å². The minimum absolute atomic E-state index is 0.171. The average molecular weight is 369 g/mol. The molecule has 1 aliphatic heterocycles. The van der Waals surface area contributed by atoms with Gasteiger partial charge in [-0.05, 0) is 26.8 Å². The lowest BCUT2D eigenvalue weighted by molar-refractivity contribution is -0.143. The summed E-state index contributed by atoms with van der Waals surface area (Å²) < 4.78 is 45.0. The molecule has 0 saturated carbocycles. The standard InChI is InChI=1S/C17H22F3N5O/c1-11-4-5-21-15(22-11)8-24-6-7-26-9-14(24)16-12(2)23-25(13(16)3)10-17(18,19)20/h4-5,14H,6-10H2,1-3H3. The van der Waals surface area contributed by atoms with Gasteiger partial charge in [0.05, 0.1) is 31.5 Å². The molecule has 2 aromatic heterocycles. The van der Waals surface area contributed by atoms with E-state index in [0.717, 1.165) is 15.9 Å². The predicted octanol–water partition coefficient (Wildman–Crippen LogP) is 2.73. The normalized spacial score (nSPS) is 19.1. The Kier molecular flexibility index (Phi) is 5.29. The number of nitrogens with zero attached hydrogens (tertiary/aromatic N) is 5. The maximum absolute atomic E-state index is 12.8. The molecule has 0 spiro atoms. The largest absolute Gasteiger partial charge is 0.408 e. The first-order valence-corrected chi connectivity index (χ1v) is 8.45. The molecule has 1 fully saturated rings. The number of hydrogen-bond acceptors (Lipinski definition) is 5. The van der Waals surface area contributed by atoms with Crippen molar-refractivity contribution in [2.75, 3.05) is 19.8 Å². The van der Waals surface area contributed by atoms with Gasteiger partial charge in [0.25, 0.3) is 0 Å². The molecule has 0 bridgehead atoms. The maximum Gasteiger partial charge on any atom is 0.408 e. The van der Waals surface area contributed by atoms with E-state index in [4.69, 9.17) is 4.74 Å². The molecule has 0 radical (unpaired) electrons. The Morgan fingerprint density at radius 1 is 1.27 bits per heavy atom. The van der Waals surface area contributed by atoms with Crippen molar-refractivity contribution in [1.29, 1.82) is 0 Å². The first kappa shape index (κ1) is 18.8. The second-order valence-corrected chi connectivity index (χ2v) is 6.53. The van der Waals surface area contributed by atoms with Gasteiger partial charge in [0.2, 0.25) is 0 Å². The SMILES string of the molecule is Cc1ccnc(CN2CCOCC2c2c(C)nn(CC(F)(F)F)c2C)n1. The fraction of sp³-hybridized carbons (Fsp3) is 0.588. The fourth-order valence-corrected chi connectivity index (χ4v) is 3.37. The van der Waals surface area contributed by atoms with Crippen molar-refractivity contribution < 1.29 is 17.9 Å². The number of rotatable bonds is 4. The molecule has 9 heteroatoms. The first-order chi connectivity index (χ1) is 12.2. The van der Waals surface area contributed by atoms with Gasteiger partial charge in [0.15, 0.2) is 0 Å². The number of aryl methyl sites for hydroxylation is 2. The minimum Gasteiger partial charge on any atom is -0.378 e. The van der Waals surface area contributed by atoms with E-state index >= 15 is 0 Å². The Balaban J connectivity index is 1.88. The highest BCUT2D eigenvalue weighted by molar-refractivity contribution is 5.29. The number of aromatic nitrogens is 4. The molecule has 1 saturated heterocycles. The zero-order chi connectivity index (χ0) is 18.9. The Labute approximate surface area is 150 Å². The van der Waals surface area contributed by atoms with Crippen LogP contribution in [0.1, 0.15) is 34.5 Å². The summed E-state index contributed by atoms with van der Waals surface area (Å²) >= 11 is 0. The molecule has 142 valence electrons. The quantitative estimate of drug-likeness (QED) is 0.830. The molecule has 3 heterocycles. The number of hydrogen-bond donors (Lipinski definition) is 0. The molecule has 1 atom stereocenters. The molecule has 26 heavy (non-hydrogen) atoms. The average Bonchev–Trinajstić information content (AvgIpc) is 2.80. The topological polar surface area (TPSA) is 56.1 Å². The van der Waals surface area contributed by atoms with Crippen molar-refractivity contribution in [2.24, 2.45) is 0 Å². The third kappa shape index (κ3) is 4.21. The van der Waals surface area contributed by atoms with Gasteiger partial charge in [-0.25, -0.2) is 9.97 Å². The Bertz CT molecular complexity index is 774. The van der Waals surface area contributed by atoms with Gasteiger partial charge in [0.1, 0.15) is 12.4 Å². The van der Waals surface area contributed by atoms with Crippen LogP contribution >= 0.6 is 0 Å². The number of ether oxygens (including phenoxy) is 1. The zero-order valence-corrected chi connectivity index (χ0v) is 15.0. The lowest BCUT2D eigenvalue weighted by Gasteiger charge is -2.35. The van der Waals surface area contributed by atoms with E-state index in [1.54, 1.807) is 20.0 Å². The summed E-state index contributed by atoms with van der Waals surface area (Å²) in [6, 6.07) is 1.66. The lowest BCUT2D eigenvalue weighted by atomic mass is 10.0. The van der Waals surface area contributed by atoms with Crippen molar-refractivity contribution in [3.63, 3.8) is 0 Å². The number of halogens is 3. The van der Waals surface area contributed by atoms with Crippen molar-refractivity contribution >= 4 is 0 Å². The molecule has 6 nitrogen and oxygen atoms in total. The molecule has 0 N–H and O–H groups in total. The van der Waals surface area contributed by atoms with Gasteiger partial charge in [-0.1, -0.05) is 0 Å². The molecule has 0 aromatic carbocycles. The first-order valence-electron chi connectivity index (χ1n) is 8.45. The van der Waals surface area contributed by atoms with Gasteiger partial charge in [-0.2, -0.15) is 18.3 Å². The second kappa shape index (κ2) is 7.32. The zero-order valence-electron chi connectivity index (χ0n) is 15.0. The Hall–Kier alpha value is -2.00. The van der Waals surface area contributed by atoms with Crippen molar-refractivity contribution in [3.8, 4) is 0 Å². The number of alkyl halides is 3. The second-order valence-electron chi connectivity index (χ2n) is 6.53. The lowest BCUT2D eigenvalue weighted by Crippen LogP contribution is -2.40. The van der Waals surface area contributed by atoms with Crippen molar-refractivity contribution in [1.82, 2.24) is 24.6 Å². The number of morpholine rings is 1. The highest BCUT2D eigenvalue weighted by Gasteiger charge is 2.34. The van der Waals surface area contributed by atoms with Crippen LogP contribution in [-0.2, 0) is 17.8 Å². The molecule has 2 aromatic rings. The van der Waals surface area contributed by atoms with Crippen LogP contribution in [0.2, 0.25) is 0 Å². The van der Waals surface area contributed by atoms with E-state index in [9.17, 15) is 13.2 Å². The molecule has 1 aliphatic rings. The van der Waals surface area contributed by atoms with Gasteiger partial charge in [-0.15, -0.1) is 0 Å². The van der Waals surface area contributed by atoms with Crippen molar-refractivity contribution in [2.45, 2.75) is 46.1 Å². The fourth-order valence-electron chi connectivity index (χ4n) is 3.37. The summed E-state index contributed by atoms with van der Waals surface area (Å²) in [6.45, 7) is 6.38. The third-order valence-electron chi connectivity index (χ3n) is 4.53. The summed E-state index contributed by atoms with van der Waals surface area (Å²) in [6.07, 6.45) is -2.59. The van der Waals surface area contributed by atoms with Crippen LogP contribution in [0.4, 0.5) is 13.2 Å². The van der Waals surface area contributed by atoms with Crippen LogP contribution in [0.3, 0.4) is 0 Å². The minimum atomic E-state index is -4.31. The van der Waals surface area contributed by atoms with E-state index in [1.165, 1.54) is 0 Å².